The van der Waals surface area contributed by atoms with Crippen LogP contribution in [0.15, 0.2) is 53.1 Å². The van der Waals surface area contributed by atoms with E-state index in [1.54, 1.807) is 17.0 Å². The van der Waals surface area contributed by atoms with Crippen LogP contribution in [0.1, 0.15) is 27.5 Å². The van der Waals surface area contributed by atoms with E-state index in [4.69, 9.17) is 4.42 Å². The van der Waals surface area contributed by atoms with Crippen molar-refractivity contribution in [1.82, 2.24) is 9.88 Å². The second kappa shape index (κ2) is 8.71. The molecule has 0 amide bonds. The third-order valence-corrected chi connectivity index (χ3v) is 4.03. The van der Waals surface area contributed by atoms with Crippen LogP contribution in [0.25, 0.3) is 0 Å². The zero-order valence-electron chi connectivity index (χ0n) is 15.0. The van der Waals surface area contributed by atoms with Gasteiger partial charge < -0.3 is 9.15 Å². The molecular formula is C20H17F3N2O3. The first-order valence-electron chi connectivity index (χ1n) is 8.38. The van der Waals surface area contributed by atoms with Gasteiger partial charge in [-0.2, -0.15) is 0 Å². The van der Waals surface area contributed by atoms with Gasteiger partial charge in [-0.3, -0.25) is 4.90 Å². The molecule has 0 fully saturated rings. The van der Waals surface area contributed by atoms with Crippen molar-refractivity contribution in [2.45, 2.75) is 19.6 Å². The third kappa shape index (κ3) is 4.98. The predicted molar refractivity (Wildman–Crippen MR) is 93.6 cm³/mol. The molecule has 0 N–H and O–H groups in total. The number of rotatable bonds is 7. The highest BCUT2D eigenvalue weighted by Gasteiger charge is 2.17. The van der Waals surface area contributed by atoms with Gasteiger partial charge in [-0.25, -0.2) is 22.9 Å². The largest absolute Gasteiger partial charge is 0.464 e. The van der Waals surface area contributed by atoms with Gasteiger partial charge >= 0.3 is 5.97 Å². The number of carbonyl (C=O) groups is 1. The Labute approximate surface area is 159 Å². The minimum absolute atomic E-state index is 0.0206. The van der Waals surface area contributed by atoms with E-state index < -0.39 is 17.6 Å². The van der Waals surface area contributed by atoms with Gasteiger partial charge in [-0.15, -0.1) is 0 Å². The summed E-state index contributed by atoms with van der Waals surface area (Å²) in [7, 11) is 1.23. The molecule has 0 saturated heterocycles. The molecule has 0 aliphatic carbocycles. The zero-order valence-corrected chi connectivity index (χ0v) is 15.0. The number of methoxy groups -OCH3 is 1. The second-order valence-electron chi connectivity index (χ2n) is 6.13. The number of esters is 1. The normalized spacial score (nSPS) is 11.0. The van der Waals surface area contributed by atoms with Gasteiger partial charge in [0.1, 0.15) is 23.7 Å². The van der Waals surface area contributed by atoms with Gasteiger partial charge in [-0.05, 0) is 23.8 Å². The van der Waals surface area contributed by atoms with E-state index in [0.29, 0.717) is 6.54 Å². The smallest absolute Gasteiger partial charge is 0.360 e. The number of benzene rings is 2. The first-order chi connectivity index (χ1) is 13.4. The third-order valence-electron chi connectivity index (χ3n) is 4.03. The van der Waals surface area contributed by atoms with E-state index in [-0.39, 0.29) is 36.1 Å². The maximum absolute atomic E-state index is 14.1. The van der Waals surface area contributed by atoms with Crippen molar-refractivity contribution in [1.29, 1.82) is 0 Å². The number of hydrogen-bond acceptors (Lipinski definition) is 5. The topological polar surface area (TPSA) is 55.6 Å². The SMILES string of the molecule is COC(=O)c1coc(CN(Cc2ccc(F)cc2)Cc2ccc(F)cc2F)n1. The van der Waals surface area contributed by atoms with Crippen LogP contribution in [0.3, 0.4) is 0 Å². The molecule has 0 radical (unpaired) electrons. The molecule has 0 saturated carbocycles. The number of carbonyl (C=O) groups excluding carboxylic acids is 1. The molecule has 2 aromatic carbocycles. The van der Waals surface area contributed by atoms with Crippen LogP contribution in [0.2, 0.25) is 0 Å². The highest BCUT2D eigenvalue weighted by molar-refractivity contribution is 5.86. The van der Waals surface area contributed by atoms with Gasteiger partial charge in [-0.1, -0.05) is 18.2 Å². The minimum atomic E-state index is -0.674. The summed E-state index contributed by atoms with van der Waals surface area (Å²) in [4.78, 5) is 17.4. The van der Waals surface area contributed by atoms with Gasteiger partial charge in [0.15, 0.2) is 5.69 Å². The summed E-state index contributed by atoms with van der Waals surface area (Å²) in [6.45, 7) is 0.595. The highest BCUT2D eigenvalue weighted by Crippen LogP contribution is 2.17. The van der Waals surface area contributed by atoms with E-state index in [1.165, 1.54) is 37.6 Å². The summed E-state index contributed by atoms with van der Waals surface area (Å²) in [6.07, 6.45) is 1.18. The molecule has 1 heterocycles. The zero-order chi connectivity index (χ0) is 20.1. The summed E-state index contributed by atoms with van der Waals surface area (Å²) < 4.78 is 50.3. The average molecular weight is 390 g/mol. The lowest BCUT2D eigenvalue weighted by Crippen LogP contribution is -2.23. The monoisotopic (exact) mass is 390 g/mol. The Bertz CT molecular complexity index is 958. The number of aromatic nitrogens is 1. The number of nitrogens with zero attached hydrogens (tertiary/aromatic N) is 2. The maximum atomic E-state index is 14.1. The summed E-state index contributed by atoms with van der Waals surface area (Å²) in [5, 5.41) is 0. The Morgan fingerprint density at radius 2 is 1.75 bits per heavy atom. The molecule has 28 heavy (non-hydrogen) atoms. The fourth-order valence-corrected chi connectivity index (χ4v) is 2.68. The van der Waals surface area contributed by atoms with Crippen LogP contribution in [-0.2, 0) is 24.4 Å². The number of hydrogen-bond donors (Lipinski definition) is 0. The molecule has 0 unspecified atom stereocenters. The number of oxazole rings is 1. The first kappa shape index (κ1) is 19.6. The molecule has 0 bridgehead atoms. The molecule has 0 spiro atoms. The predicted octanol–water partition coefficient (Wildman–Crippen LogP) is 4.08. The van der Waals surface area contributed by atoms with E-state index >= 15 is 0 Å². The molecule has 1 aromatic heterocycles. The van der Waals surface area contributed by atoms with Crippen LogP contribution in [0, 0.1) is 17.5 Å². The average Bonchev–Trinajstić information content (AvgIpc) is 3.13. The molecule has 8 heteroatoms. The highest BCUT2D eigenvalue weighted by atomic mass is 19.1. The number of halogens is 3. The van der Waals surface area contributed by atoms with E-state index in [2.05, 4.69) is 9.72 Å². The van der Waals surface area contributed by atoms with Crippen LogP contribution in [-0.4, -0.2) is 23.0 Å². The quantitative estimate of drug-likeness (QED) is 0.569. The summed E-state index contributed by atoms with van der Waals surface area (Å²) in [6, 6.07) is 9.22. The Morgan fingerprint density at radius 1 is 1.04 bits per heavy atom. The fraction of sp³-hybridized carbons (Fsp3) is 0.200. The summed E-state index contributed by atoms with van der Waals surface area (Å²) >= 11 is 0. The lowest BCUT2D eigenvalue weighted by atomic mass is 10.1. The molecule has 3 aromatic rings. The van der Waals surface area contributed by atoms with E-state index in [1.807, 2.05) is 0 Å². The molecular weight excluding hydrogens is 373 g/mol. The van der Waals surface area contributed by atoms with Crippen molar-refractivity contribution >= 4 is 5.97 Å². The lowest BCUT2D eigenvalue weighted by Gasteiger charge is -2.21. The van der Waals surface area contributed by atoms with Crippen molar-refractivity contribution in [2.24, 2.45) is 0 Å². The molecule has 0 atom stereocenters. The van der Waals surface area contributed by atoms with Crippen LogP contribution >= 0.6 is 0 Å². The Balaban J connectivity index is 1.81. The molecule has 0 aliphatic heterocycles. The number of ether oxygens (including phenoxy) is 1. The van der Waals surface area contributed by atoms with Gasteiger partial charge in [0.05, 0.1) is 13.7 Å². The van der Waals surface area contributed by atoms with E-state index in [0.717, 1.165) is 11.6 Å². The van der Waals surface area contributed by atoms with Crippen molar-refractivity contribution in [3.63, 3.8) is 0 Å². The Hall–Kier alpha value is -3.13. The van der Waals surface area contributed by atoms with Crippen molar-refractivity contribution in [2.75, 3.05) is 7.11 Å². The summed E-state index contributed by atoms with van der Waals surface area (Å²) in [5.41, 5.74) is 1.08. The van der Waals surface area contributed by atoms with Gasteiger partial charge in [0.2, 0.25) is 5.89 Å². The molecule has 0 aliphatic rings. The van der Waals surface area contributed by atoms with Gasteiger partial charge in [0, 0.05) is 24.7 Å². The second-order valence-corrected chi connectivity index (χ2v) is 6.13. The first-order valence-corrected chi connectivity index (χ1v) is 8.38. The minimum Gasteiger partial charge on any atom is -0.464 e. The standard InChI is InChI=1S/C20H17F3N2O3/c1-27-20(26)18-12-28-19(24-18)11-25(9-13-2-5-15(21)6-3-13)10-14-4-7-16(22)8-17(14)23/h2-8,12H,9-11H2,1H3. The van der Waals surface area contributed by atoms with Crippen LogP contribution in [0.4, 0.5) is 13.2 Å². The molecule has 5 nitrogen and oxygen atoms in total. The van der Waals surface area contributed by atoms with Crippen molar-refractivity contribution in [3.05, 3.63) is 88.9 Å². The summed E-state index contributed by atoms with van der Waals surface area (Å²) in [5.74, 6) is -2.11. The maximum Gasteiger partial charge on any atom is 0.360 e. The van der Waals surface area contributed by atoms with Crippen LogP contribution in [0.5, 0.6) is 0 Å². The molecule has 146 valence electrons. The van der Waals surface area contributed by atoms with E-state index in [9.17, 15) is 18.0 Å². The van der Waals surface area contributed by atoms with Crippen LogP contribution < -0.4 is 0 Å². The van der Waals surface area contributed by atoms with Crippen molar-refractivity contribution in [3.8, 4) is 0 Å². The fourth-order valence-electron chi connectivity index (χ4n) is 2.68. The molecule has 3 rings (SSSR count). The lowest BCUT2D eigenvalue weighted by molar-refractivity contribution is 0.0594. The Kier molecular flexibility index (Phi) is 6.10. The Morgan fingerprint density at radius 3 is 2.43 bits per heavy atom. The van der Waals surface area contributed by atoms with Crippen molar-refractivity contribution < 1.29 is 27.1 Å². The van der Waals surface area contributed by atoms with Gasteiger partial charge in [0.25, 0.3) is 0 Å².